The fraction of sp³-hybridized carbons (Fsp3) is 0.571. The molecular weight excluding hydrogens is 308 g/mol. The number of nitrogens with one attached hydrogen (secondary N) is 1. The Bertz CT molecular complexity index is 376. The Morgan fingerprint density at radius 3 is 2.61 bits per heavy atom. The molecule has 1 heterocycles. The van der Waals surface area contributed by atoms with E-state index in [4.69, 9.17) is 0 Å². The molecular formula is C14H21BrN2S. The summed E-state index contributed by atoms with van der Waals surface area (Å²) in [7, 11) is 0. The van der Waals surface area contributed by atoms with Gasteiger partial charge in [-0.3, -0.25) is 4.90 Å². The molecule has 1 aliphatic heterocycles. The lowest BCUT2D eigenvalue weighted by atomic mass is 10.3. The zero-order valence-electron chi connectivity index (χ0n) is 11.0. The van der Waals surface area contributed by atoms with E-state index in [1.54, 1.807) is 0 Å². The van der Waals surface area contributed by atoms with Crippen molar-refractivity contribution in [2.75, 3.05) is 31.5 Å². The van der Waals surface area contributed by atoms with E-state index >= 15 is 0 Å². The van der Waals surface area contributed by atoms with Crippen LogP contribution in [0.4, 0.5) is 5.69 Å². The minimum atomic E-state index is 0.761. The fourth-order valence-electron chi connectivity index (χ4n) is 2.42. The van der Waals surface area contributed by atoms with Crippen LogP contribution in [0.25, 0.3) is 0 Å². The third kappa shape index (κ3) is 4.18. The molecule has 1 saturated heterocycles. The average Bonchev–Trinajstić information content (AvgIpc) is 2.30. The van der Waals surface area contributed by atoms with Crippen molar-refractivity contribution in [2.24, 2.45) is 0 Å². The largest absolute Gasteiger partial charge is 0.383 e. The molecule has 2 atom stereocenters. The second-order valence-electron chi connectivity index (χ2n) is 4.92. The predicted octanol–water partition coefficient (Wildman–Crippen LogP) is 3.69. The minimum Gasteiger partial charge on any atom is -0.383 e. The Morgan fingerprint density at radius 2 is 1.94 bits per heavy atom. The maximum Gasteiger partial charge on any atom is 0.0485 e. The third-order valence-corrected chi connectivity index (χ3v) is 5.03. The van der Waals surface area contributed by atoms with Crippen LogP contribution in [0.15, 0.2) is 28.7 Å². The van der Waals surface area contributed by atoms with Crippen LogP contribution >= 0.6 is 27.7 Å². The summed E-state index contributed by atoms with van der Waals surface area (Å²) in [5.74, 6) is 0. The quantitative estimate of drug-likeness (QED) is 0.907. The van der Waals surface area contributed by atoms with E-state index in [0.29, 0.717) is 0 Å². The first-order chi connectivity index (χ1) is 8.65. The van der Waals surface area contributed by atoms with Crippen LogP contribution in [0.5, 0.6) is 0 Å². The van der Waals surface area contributed by atoms with Crippen LogP contribution in [0.3, 0.4) is 0 Å². The van der Waals surface area contributed by atoms with Crippen molar-refractivity contribution in [1.82, 2.24) is 4.90 Å². The lowest BCUT2D eigenvalue weighted by molar-refractivity contribution is 0.281. The smallest absolute Gasteiger partial charge is 0.0485 e. The molecule has 0 bridgehead atoms. The molecule has 1 aromatic carbocycles. The van der Waals surface area contributed by atoms with E-state index in [1.807, 2.05) is 6.07 Å². The van der Waals surface area contributed by atoms with E-state index < -0.39 is 0 Å². The van der Waals surface area contributed by atoms with E-state index in [-0.39, 0.29) is 0 Å². The third-order valence-electron chi connectivity index (χ3n) is 3.11. The molecule has 1 aliphatic rings. The molecule has 1 aromatic rings. The molecule has 2 rings (SSSR count). The molecule has 0 radical (unpaired) electrons. The molecule has 2 unspecified atom stereocenters. The van der Waals surface area contributed by atoms with Crippen LogP contribution in [-0.4, -0.2) is 41.6 Å². The molecule has 1 N–H and O–H groups in total. The van der Waals surface area contributed by atoms with Gasteiger partial charge < -0.3 is 5.32 Å². The molecule has 1 fully saturated rings. The Balaban J connectivity index is 1.77. The van der Waals surface area contributed by atoms with Gasteiger partial charge in [-0.15, -0.1) is 0 Å². The molecule has 100 valence electrons. The highest BCUT2D eigenvalue weighted by molar-refractivity contribution is 9.10. The van der Waals surface area contributed by atoms with Crippen molar-refractivity contribution in [1.29, 1.82) is 0 Å². The Kier molecular flexibility index (Phi) is 5.39. The summed E-state index contributed by atoms with van der Waals surface area (Å²) in [4.78, 5) is 2.57. The topological polar surface area (TPSA) is 15.3 Å². The van der Waals surface area contributed by atoms with Crippen LogP contribution in [-0.2, 0) is 0 Å². The molecule has 0 spiro atoms. The zero-order valence-corrected chi connectivity index (χ0v) is 13.4. The van der Waals surface area contributed by atoms with Crippen molar-refractivity contribution in [3.8, 4) is 0 Å². The van der Waals surface area contributed by atoms with Crippen molar-refractivity contribution >= 4 is 33.4 Å². The average molecular weight is 329 g/mol. The van der Waals surface area contributed by atoms with Gasteiger partial charge in [0.15, 0.2) is 0 Å². The number of hydrogen-bond acceptors (Lipinski definition) is 3. The first-order valence-electron chi connectivity index (χ1n) is 6.51. The SMILES string of the molecule is CC1CN(CCNc2ccccc2Br)CC(C)S1. The molecule has 18 heavy (non-hydrogen) atoms. The van der Waals surface area contributed by atoms with Crippen LogP contribution < -0.4 is 5.32 Å². The van der Waals surface area contributed by atoms with Gasteiger partial charge in [0.05, 0.1) is 0 Å². The Morgan fingerprint density at radius 1 is 1.28 bits per heavy atom. The van der Waals surface area contributed by atoms with Gasteiger partial charge in [-0.1, -0.05) is 26.0 Å². The van der Waals surface area contributed by atoms with E-state index in [2.05, 4.69) is 70.0 Å². The lowest BCUT2D eigenvalue weighted by Gasteiger charge is -2.34. The summed E-state index contributed by atoms with van der Waals surface area (Å²) in [5.41, 5.74) is 1.19. The minimum absolute atomic E-state index is 0.761. The van der Waals surface area contributed by atoms with E-state index in [1.165, 1.54) is 18.8 Å². The first-order valence-corrected chi connectivity index (χ1v) is 8.25. The van der Waals surface area contributed by atoms with Gasteiger partial charge in [-0.05, 0) is 28.1 Å². The summed E-state index contributed by atoms with van der Waals surface area (Å²) in [6.07, 6.45) is 0. The predicted molar refractivity (Wildman–Crippen MR) is 85.6 cm³/mol. The second kappa shape index (κ2) is 6.83. The van der Waals surface area contributed by atoms with Crippen LogP contribution in [0.2, 0.25) is 0 Å². The fourth-order valence-corrected chi connectivity index (χ4v) is 4.23. The summed E-state index contributed by atoms with van der Waals surface area (Å²) < 4.78 is 1.14. The van der Waals surface area contributed by atoms with Gasteiger partial charge in [-0.2, -0.15) is 11.8 Å². The highest BCUT2D eigenvalue weighted by atomic mass is 79.9. The molecule has 0 aromatic heterocycles. The monoisotopic (exact) mass is 328 g/mol. The van der Waals surface area contributed by atoms with E-state index in [9.17, 15) is 0 Å². The summed E-state index contributed by atoms with van der Waals surface area (Å²) in [6, 6.07) is 8.29. The lowest BCUT2D eigenvalue weighted by Crippen LogP contribution is -2.42. The number of anilines is 1. The van der Waals surface area contributed by atoms with Crippen LogP contribution in [0, 0.1) is 0 Å². The maximum atomic E-state index is 3.56. The summed E-state index contributed by atoms with van der Waals surface area (Å²) in [5, 5.41) is 5.02. The number of nitrogens with zero attached hydrogens (tertiary/aromatic N) is 1. The van der Waals surface area contributed by atoms with Gasteiger partial charge in [0, 0.05) is 46.8 Å². The van der Waals surface area contributed by atoms with Gasteiger partial charge in [-0.25, -0.2) is 0 Å². The molecule has 4 heteroatoms. The Hall–Kier alpha value is -0.190. The molecule has 2 nitrogen and oxygen atoms in total. The van der Waals surface area contributed by atoms with E-state index in [0.717, 1.165) is 28.1 Å². The van der Waals surface area contributed by atoms with Gasteiger partial charge in [0.25, 0.3) is 0 Å². The van der Waals surface area contributed by atoms with Crippen molar-refractivity contribution in [2.45, 2.75) is 24.3 Å². The number of thioether (sulfide) groups is 1. The Labute approximate surface area is 123 Å². The number of benzene rings is 1. The highest BCUT2D eigenvalue weighted by Crippen LogP contribution is 2.24. The number of hydrogen-bond donors (Lipinski definition) is 1. The number of rotatable bonds is 4. The highest BCUT2D eigenvalue weighted by Gasteiger charge is 2.21. The first kappa shape index (κ1) is 14.2. The number of para-hydroxylation sites is 1. The van der Waals surface area contributed by atoms with Crippen molar-refractivity contribution in [3.63, 3.8) is 0 Å². The van der Waals surface area contributed by atoms with Crippen LogP contribution in [0.1, 0.15) is 13.8 Å². The van der Waals surface area contributed by atoms with Gasteiger partial charge >= 0.3 is 0 Å². The normalized spacial score (nSPS) is 25.1. The molecule has 0 aliphatic carbocycles. The van der Waals surface area contributed by atoms with Crippen molar-refractivity contribution in [3.05, 3.63) is 28.7 Å². The molecule has 0 saturated carbocycles. The van der Waals surface area contributed by atoms with Gasteiger partial charge in [0.2, 0.25) is 0 Å². The summed E-state index contributed by atoms with van der Waals surface area (Å²) in [6.45, 7) is 9.21. The number of halogens is 1. The van der Waals surface area contributed by atoms with Gasteiger partial charge in [0.1, 0.15) is 0 Å². The summed E-state index contributed by atoms with van der Waals surface area (Å²) >= 11 is 5.67. The molecule has 0 amide bonds. The van der Waals surface area contributed by atoms with Crippen molar-refractivity contribution < 1.29 is 0 Å². The second-order valence-corrected chi connectivity index (χ2v) is 7.66. The maximum absolute atomic E-state index is 3.56. The standard InChI is InChI=1S/C14H21BrN2S/c1-11-9-17(10-12(2)18-11)8-7-16-14-6-4-3-5-13(14)15/h3-6,11-12,16H,7-10H2,1-2H3. The zero-order chi connectivity index (χ0) is 13.0.